The summed E-state index contributed by atoms with van der Waals surface area (Å²) in [6.07, 6.45) is 0.635. The summed E-state index contributed by atoms with van der Waals surface area (Å²) >= 11 is 1.78. The van der Waals surface area contributed by atoms with Crippen molar-refractivity contribution in [3.63, 3.8) is 0 Å². The molecule has 2 fully saturated rings. The molecule has 0 aromatic heterocycles. The predicted molar refractivity (Wildman–Crippen MR) is 49.3 cm³/mol. The van der Waals surface area contributed by atoms with Crippen molar-refractivity contribution < 1.29 is 14.9 Å². The summed E-state index contributed by atoms with van der Waals surface area (Å²) in [4.78, 5) is 17.2. The highest BCUT2D eigenvalue weighted by atomic mass is 32.2. The number of hydrogen-bond acceptors (Lipinski definition) is 4. The third-order valence-corrected chi connectivity index (χ3v) is 4.30. The fourth-order valence-electron chi connectivity index (χ4n) is 1.99. The first kappa shape index (κ1) is 9.30. The highest BCUT2D eigenvalue weighted by Crippen LogP contribution is 2.50. The molecular weight excluding hydrogens is 190 g/mol. The number of carbonyl (C=O) groups excluding carboxylic acids is 1. The van der Waals surface area contributed by atoms with Crippen LogP contribution in [0.1, 0.15) is 20.3 Å². The van der Waals surface area contributed by atoms with Gasteiger partial charge in [-0.15, -0.1) is 11.8 Å². The van der Waals surface area contributed by atoms with Crippen molar-refractivity contribution in [2.45, 2.75) is 36.4 Å². The highest BCUT2D eigenvalue weighted by Gasteiger charge is 2.55. The normalized spacial score (nSPS) is 35.9. The van der Waals surface area contributed by atoms with Crippen LogP contribution in [0.15, 0.2) is 0 Å². The Morgan fingerprint density at radius 1 is 1.77 bits per heavy atom. The number of carbonyl (C=O) groups is 1. The van der Waals surface area contributed by atoms with Gasteiger partial charge in [-0.1, -0.05) is 0 Å². The first-order valence-corrected chi connectivity index (χ1v) is 5.19. The number of thioether (sulfide) groups is 1. The summed E-state index contributed by atoms with van der Waals surface area (Å²) < 4.78 is -0.0143. The quantitative estimate of drug-likeness (QED) is 0.412. The Kier molecular flexibility index (Phi) is 2.05. The van der Waals surface area contributed by atoms with E-state index in [1.807, 2.05) is 4.90 Å². The lowest BCUT2D eigenvalue weighted by Gasteiger charge is -2.38. The van der Waals surface area contributed by atoms with Gasteiger partial charge in [0, 0.05) is 4.75 Å². The number of β-lactam (4-membered cyclic amide) rings is 1. The Hall–Kier alpha value is -0.260. The van der Waals surface area contributed by atoms with E-state index in [-0.39, 0.29) is 23.3 Å². The zero-order valence-corrected chi connectivity index (χ0v) is 8.50. The highest BCUT2D eigenvalue weighted by molar-refractivity contribution is 8.01. The minimum Gasteiger partial charge on any atom is -0.323 e. The van der Waals surface area contributed by atoms with Gasteiger partial charge in [0.15, 0.2) is 0 Å². The summed E-state index contributed by atoms with van der Waals surface area (Å²) in [6, 6.07) is 0.00810. The fraction of sp³-hybridized carbons (Fsp3) is 0.875. The molecule has 0 saturated carbocycles. The Balaban J connectivity index is 2.15. The van der Waals surface area contributed by atoms with Crippen LogP contribution >= 0.6 is 11.8 Å². The molecule has 2 heterocycles. The van der Waals surface area contributed by atoms with Crippen LogP contribution in [0, 0.1) is 0 Å². The summed E-state index contributed by atoms with van der Waals surface area (Å²) in [6.45, 7) is 4.36. The summed E-state index contributed by atoms with van der Waals surface area (Å²) in [7, 11) is 0. The molecule has 0 spiro atoms. The smallest absolute Gasteiger partial charge is 0.226 e. The summed E-state index contributed by atoms with van der Waals surface area (Å²) in [5.41, 5.74) is 0. The molecule has 0 aromatic rings. The van der Waals surface area contributed by atoms with Gasteiger partial charge in [0.05, 0.1) is 17.8 Å². The van der Waals surface area contributed by atoms with Crippen LogP contribution in [-0.4, -0.2) is 38.8 Å². The standard InChI is InChI=1S/C8H13NO3S/c1-8(2)5(4-12-11)9-6(10)3-7(9)13-8/h5,7,11H,3-4H2,1-2H3. The van der Waals surface area contributed by atoms with Crippen LogP contribution < -0.4 is 0 Å². The van der Waals surface area contributed by atoms with E-state index in [2.05, 4.69) is 18.7 Å². The number of rotatable bonds is 2. The van der Waals surface area contributed by atoms with E-state index in [0.29, 0.717) is 11.8 Å². The minimum atomic E-state index is -0.0143. The van der Waals surface area contributed by atoms with Crippen LogP contribution in [0.2, 0.25) is 0 Å². The Labute approximate surface area is 81.2 Å². The largest absolute Gasteiger partial charge is 0.323 e. The molecule has 0 bridgehead atoms. The first-order chi connectivity index (χ1) is 6.06. The van der Waals surface area contributed by atoms with E-state index in [1.165, 1.54) is 0 Å². The van der Waals surface area contributed by atoms with Crippen molar-refractivity contribution in [3.8, 4) is 0 Å². The average Bonchev–Trinajstić information content (AvgIpc) is 2.20. The van der Waals surface area contributed by atoms with Gasteiger partial charge in [0.1, 0.15) is 6.61 Å². The third kappa shape index (κ3) is 1.26. The lowest BCUT2D eigenvalue weighted by molar-refractivity contribution is -0.253. The molecule has 0 aromatic carbocycles. The molecule has 0 aliphatic carbocycles. The Morgan fingerprint density at radius 3 is 3.00 bits per heavy atom. The SMILES string of the molecule is CC1(C)SC2CC(=O)N2C1COO. The number of fused-ring (bicyclic) bond motifs is 1. The van der Waals surface area contributed by atoms with Gasteiger partial charge in [0.2, 0.25) is 5.91 Å². The Morgan fingerprint density at radius 2 is 2.46 bits per heavy atom. The first-order valence-electron chi connectivity index (χ1n) is 4.31. The maximum atomic E-state index is 11.3. The molecule has 74 valence electrons. The second kappa shape index (κ2) is 2.87. The maximum Gasteiger partial charge on any atom is 0.226 e. The van der Waals surface area contributed by atoms with E-state index in [9.17, 15) is 4.79 Å². The summed E-state index contributed by atoms with van der Waals surface area (Å²) in [5.74, 6) is 0.171. The van der Waals surface area contributed by atoms with Gasteiger partial charge in [-0.05, 0) is 13.8 Å². The van der Waals surface area contributed by atoms with Crippen LogP contribution in [0.3, 0.4) is 0 Å². The summed E-state index contributed by atoms with van der Waals surface area (Å²) in [5, 5.41) is 8.73. The molecule has 0 radical (unpaired) electrons. The van der Waals surface area contributed by atoms with E-state index in [0.717, 1.165) is 0 Å². The van der Waals surface area contributed by atoms with E-state index >= 15 is 0 Å². The van der Waals surface area contributed by atoms with E-state index in [1.54, 1.807) is 11.8 Å². The van der Waals surface area contributed by atoms with E-state index in [4.69, 9.17) is 5.26 Å². The number of amides is 1. The second-order valence-electron chi connectivity index (χ2n) is 3.99. The molecule has 2 unspecified atom stereocenters. The van der Waals surface area contributed by atoms with Gasteiger partial charge in [-0.2, -0.15) is 0 Å². The maximum absolute atomic E-state index is 11.3. The molecular formula is C8H13NO3S. The van der Waals surface area contributed by atoms with Crippen molar-refractivity contribution >= 4 is 17.7 Å². The van der Waals surface area contributed by atoms with Crippen LogP contribution in [0.4, 0.5) is 0 Å². The van der Waals surface area contributed by atoms with Gasteiger partial charge in [-0.25, -0.2) is 4.89 Å². The van der Waals surface area contributed by atoms with Crippen LogP contribution in [0.5, 0.6) is 0 Å². The average molecular weight is 203 g/mol. The zero-order chi connectivity index (χ0) is 9.64. The van der Waals surface area contributed by atoms with Crippen molar-refractivity contribution in [2.75, 3.05) is 6.61 Å². The van der Waals surface area contributed by atoms with Crippen LogP contribution in [0.25, 0.3) is 0 Å². The van der Waals surface area contributed by atoms with Crippen molar-refractivity contribution in [3.05, 3.63) is 0 Å². The van der Waals surface area contributed by atoms with Gasteiger partial charge < -0.3 is 4.90 Å². The second-order valence-corrected chi connectivity index (χ2v) is 5.82. The molecule has 2 aliphatic rings. The topological polar surface area (TPSA) is 49.8 Å². The van der Waals surface area contributed by atoms with Crippen molar-refractivity contribution in [1.82, 2.24) is 4.90 Å². The Bertz CT molecular complexity index is 244. The lowest BCUT2D eigenvalue weighted by atomic mass is 9.99. The number of nitrogens with zero attached hydrogens (tertiary/aromatic N) is 1. The molecule has 2 rings (SSSR count). The molecule has 2 aliphatic heterocycles. The molecule has 1 N–H and O–H groups in total. The minimum absolute atomic E-state index is 0.00810. The van der Waals surface area contributed by atoms with Crippen molar-refractivity contribution in [2.24, 2.45) is 0 Å². The fourth-order valence-corrected chi connectivity index (χ4v) is 3.63. The molecule has 2 atom stereocenters. The van der Waals surface area contributed by atoms with Crippen molar-refractivity contribution in [1.29, 1.82) is 0 Å². The molecule has 2 saturated heterocycles. The van der Waals surface area contributed by atoms with Gasteiger partial charge >= 0.3 is 0 Å². The molecule has 1 amide bonds. The van der Waals surface area contributed by atoms with E-state index < -0.39 is 0 Å². The molecule has 5 heteroatoms. The van der Waals surface area contributed by atoms with Gasteiger partial charge in [0.25, 0.3) is 0 Å². The molecule has 13 heavy (non-hydrogen) atoms. The van der Waals surface area contributed by atoms with Crippen LogP contribution in [-0.2, 0) is 9.68 Å². The monoisotopic (exact) mass is 203 g/mol. The number of hydrogen-bond donors (Lipinski definition) is 1. The molecule has 4 nitrogen and oxygen atoms in total. The predicted octanol–water partition coefficient (Wildman–Crippen LogP) is 0.928. The van der Waals surface area contributed by atoms with Gasteiger partial charge in [-0.3, -0.25) is 10.1 Å². The lowest BCUT2D eigenvalue weighted by Crippen LogP contribution is -2.55. The zero-order valence-electron chi connectivity index (χ0n) is 7.69. The third-order valence-electron chi connectivity index (χ3n) is 2.76.